The predicted octanol–water partition coefficient (Wildman–Crippen LogP) is 0.0679. The van der Waals surface area contributed by atoms with Crippen LogP contribution in [0.2, 0.25) is 0 Å². The van der Waals surface area contributed by atoms with Crippen molar-refractivity contribution in [2.75, 3.05) is 5.75 Å². The van der Waals surface area contributed by atoms with Crippen LogP contribution < -0.4 is 10.1 Å². The monoisotopic (exact) mass is 283 g/mol. The van der Waals surface area contributed by atoms with Gasteiger partial charge in [0, 0.05) is 34.4 Å². The Balaban J connectivity index is 0.000000360. The number of aliphatic carboxylic acids is 1. The van der Waals surface area contributed by atoms with Crippen molar-refractivity contribution in [3.63, 3.8) is 0 Å². The molecule has 1 N–H and O–H groups in total. The predicted molar refractivity (Wildman–Crippen MR) is 56.4 cm³/mol. The van der Waals surface area contributed by atoms with Crippen LogP contribution >= 0.6 is 0 Å². The fourth-order valence-electron chi connectivity index (χ4n) is 0.806. The smallest absolute Gasteiger partial charge is 0.430 e. The van der Waals surface area contributed by atoms with E-state index in [-0.39, 0.29) is 0 Å². The Kier molecular flexibility index (Phi) is 7.18. The molecule has 0 saturated heterocycles. The van der Waals surface area contributed by atoms with Crippen molar-refractivity contribution in [3.8, 4) is 0 Å². The van der Waals surface area contributed by atoms with E-state index >= 15 is 0 Å². The molecular formula is C10H12F3NO3S. The molecule has 4 nitrogen and oxygen atoms in total. The number of carbonyl (C=O) groups excluding carboxylic acids is 1. The maximum atomic E-state index is 11.1. The van der Waals surface area contributed by atoms with Crippen LogP contribution in [0.15, 0.2) is 24.5 Å². The van der Waals surface area contributed by atoms with Gasteiger partial charge in [-0.3, -0.25) is 4.21 Å². The molecular weight excluding hydrogens is 271 g/mol. The number of carboxylic acids is 1. The summed E-state index contributed by atoms with van der Waals surface area (Å²) in [7, 11) is -0.692. The van der Waals surface area contributed by atoms with Crippen LogP contribution in [0.25, 0.3) is 0 Å². The molecule has 102 valence electrons. The Labute approximate surface area is 104 Å². The molecule has 1 aromatic heterocycles. The number of hydrogen-bond donors (Lipinski definition) is 0. The highest BCUT2D eigenvalue weighted by Crippen LogP contribution is 2.11. The molecule has 18 heavy (non-hydrogen) atoms. The van der Waals surface area contributed by atoms with Crippen molar-refractivity contribution in [2.45, 2.75) is 18.9 Å². The Hall–Kier alpha value is -1.44. The van der Waals surface area contributed by atoms with Crippen LogP contribution in [0.3, 0.4) is 0 Å². The summed E-state index contributed by atoms with van der Waals surface area (Å²) >= 11 is 0. The van der Waals surface area contributed by atoms with E-state index in [9.17, 15) is 17.4 Å². The number of H-pyrrole nitrogens is 1. The standard InChI is InChI=1S/C8H11NOS.C2HF3O2/c1-2-11(10)7-8-3-5-9-6-4-8;3-2(4,5)1(6)7/h3-6H,2,7H2,1H3;(H,6,7). The van der Waals surface area contributed by atoms with Crippen LogP contribution in [-0.2, 0) is 21.3 Å². The van der Waals surface area contributed by atoms with E-state index in [0.29, 0.717) is 5.75 Å². The lowest BCUT2D eigenvalue weighted by atomic mass is 10.3. The van der Waals surface area contributed by atoms with Gasteiger partial charge in [0.25, 0.3) is 0 Å². The molecule has 1 aromatic rings. The van der Waals surface area contributed by atoms with E-state index < -0.39 is 22.9 Å². The van der Waals surface area contributed by atoms with E-state index in [1.54, 1.807) is 0 Å². The van der Waals surface area contributed by atoms with Gasteiger partial charge in [-0.1, -0.05) is 6.92 Å². The molecule has 1 unspecified atom stereocenters. The third kappa shape index (κ3) is 7.77. The van der Waals surface area contributed by atoms with E-state index in [0.717, 1.165) is 11.3 Å². The molecule has 1 rings (SSSR count). The first-order valence-corrected chi connectivity index (χ1v) is 6.34. The topological polar surface area (TPSA) is 71.3 Å². The number of rotatable bonds is 3. The molecule has 0 aliphatic heterocycles. The zero-order valence-corrected chi connectivity index (χ0v) is 10.3. The number of carboxylic acid groups (broad SMARTS) is 1. The van der Waals surface area contributed by atoms with Crippen molar-refractivity contribution >= 4 is 16.8 Å². The molecule has 8 heteroatoms. The number of hydrogen-bond acceptors (Lipinski definition) is 3. The average Bonchev–Trinajstić information content (AvgIpc) is 2.29. The van der Waals surface area contributed by atoms with E-state index in [2.05, 4.69) is 4.98 Å². The number of aromatic amines is 1. The Morgan fingerprint density at radius 1 is 1.39 bits per heavy atom. The number of carbonyl (C=O) groups is 1. The normalized spacial score (nSPS) is 12.2. The molecule has 0 aliphatic rings. The number of nitrogens with one attached hydrogen (secondary N) is 1. The van der Waals surface area contributed by atoms with Gasteiger partial charge in [0.05, 0.1) is 0 Å². The SMILES string of the molecule is CCS(=O)Cc1cc[nH+]cc1.O=C([O-])C(F)(F)F. The largest absolute Gasteiger partial charge is 0.542 e. The molecule has 0 fully saturated rings. The van der Waals surface area contributed by atoms with Gasteiger partial charge >= 0.3 is 6.18 Å². The first kappa shape index (κ1) is 16.6. The van der Waals surface area contributed by atoms with Crippen LogP contribution in [-0.4, -0.2) is 22.1 Å². The minimum atomic E-state index is -5.19. The average molecular weight is 283 g/mol. The molecule has 0 amide bonds. The molecule has 1 atom stereocenters. The highest BCUT2D eigenvalue weighted by Gasteiger charge is 2.28. The van der Waals surface area contributed by atoms with Crippen LogP contribution in [0.4, 0.5) is 13.2 Å². The summed E-state index contributed by atoms with van der Waals surface area (Å²) < 4.78 is 42.6. The molecule has 0 bridgehead atoms. The van der Waals surface area contributed by atoms with Crippen LogP contribution in [0, 0.1) is 0 Å². The van der Waals surface area contributed by atoms with E-state index in [1.807, 2.05) is 31.5 Å². The molecule has 0 aliphatic carbocycles. The molecule has 0 aromatic carbocycles. The number of halogens is 3. The third-order valence-corrected chi connectivity index (χ3v) is 2.97. The quantitative estimate of drug-likeness (QED) is 0.788. The molecule has 1 heterocycles. The van der Waals surface area contributed by atoms with Crippen molar-refractivity contribution in [3.05, 3.63) is 30.1 Å². The Morgan fingerprint density at radius 3 is 2.17 bits per heavy atom. The van der Waals surface area contributed by atoms with Crippen LogP contribution in [0.5, 0.6) is 0 Å². The lowest BCUT2D eigenvalue weighted by Gasteiger charge is -2.03. The maximum absolute atomic E-state index is 11.1. The second-order valence-corrected chi connectivity index (χ2v) is 4.81. The zero-order valence-electron chi connectivity index (χ0n) is 9.49. The summed E-state index contributed by atoms with van der Waals surface area (Å²) in [6.45, 7) is 1.94. The van der Waals surface area contributed by atoms with Gasteiger partial charge in [-0.2, -0.15) is 13.2 Å². The van der Waals surface area contributed by atoms with Crippen molar-refractivity contribution in [1.82, 2.24) is 0 Å². The van der Waals surface area contributed by atoms with Gasteiger partial charge < -0.3 is 9.90 Å². The first-order chi connectivity index (χ1) is 8.27. The number of aromatic nitrogens is 1. The lowest BCUT2D eigenvalue weighted by Crippen LogP contribution is -2.37. The van der Waals surface area contributed by atoms with Gasteiger partial charge in [-0.25, -0.2) is 4.98 Å². The second kappa shape index (κ2) is 7.80. The van der Waals surface area contributed by atoms with Crippen LogP contribution in [0.1, 0.15) is 12.5 Å². The molecule has 0 saturated carbocycles. The summed E-state index contributed by atoms with van der Waals surface area (Å²) in [6.07, 6.45) is -1.50. The van der Waals surface area contributed by atoms with Crippen molar-refractivity contribution in [1.29, 1.82) is 0 Å². The van der Waals surface area contributed by atoms with E-state index in [1.165, 1.54) is 0 Å². The Morgan fingerprint density at radius 2 is 1.83 bits per heavy atom. The first-order valence-electron chi connectivity index (χ1n) is 4.85. The minimum Gasteiger partial charge on any atom is -0.542 e. The molecule has 0 radical (unpaired) electrons. The fourth-order valence-corrected chi connectivity index (χ4v) is 1.57. The van der Waals surface area contributed by atoms with Crippen molar-refractivity contribution < 1.29 is 32.3 Å². The van der Waals surface area contributed by atoms with Gasteiger partial charge in [0.1, 0.15) is 5.97 Å². The second-order valence-electron chi connectivity index (χ2n) is 3.07. The summed E-state index contributed by atoms with van der Waals surface area (Å²) in [5.74, 6) is -1.60. The summed E-state index contributed by atoms with van der Waals surface area (Å²) in [4.78, 5) is 11.7. The highest BCUT2D eigenvalue weighted by molar-refractivity contribution is 7.84. The van der Waals surface area contributed by atoms with Gasteiger partial charge in [-0.15, -0.1) is 0 Å². The summed E-state index contributed by atoms with van der Waals surface area (Å²) in [6, 6.07) is 3.90. The Bertz CT molecular complexity index is 395. The summed E-state index contributed by atoms with van der Waals surface area (Å²) in [5, 5.41) is 8.78. The molecule has 0 spiro atoms. The zero-order chi connectivity index (χ0) is 14.2. The fraction of sp³-hybridized carbons (Fsp3) is 0.400. The third-order valence-electron chi connectivity index (χ3n) is 1.67. The van der Waals surface area contributed by atoms with Gasteiger partial charge in [-0.05, 0) is 5.56 Å². The lowest BCUT2D eigenvalue weighted by molar-refractivity contribution is -0.378. The van der Waals surface area contributed by atoms with Gasteiger partial charge in [0.15, 0.2) is 12.4 Å². The van der Waals surface area contributed by atoms with Gasteiger partial charge in [0.2, 0.25) is 0 Å². The maximum Gasteiger partial charge on any atom is 0.430 e. The van der Waals surface area contributed by atoms with Crippen molar-refractivity contribution in [2.24, 2.45) is 0 Å². The highest BCUT2D eigenvalue weighted by atomic mass is 32.2. The number of pyridine rings is 1. The number of alkyl halides is 3. The van der Waals surface area contributed by atoms with E-state index in [4.69, 9.17) is 9.90 Å². The summed E-state index contributed by atoms with van der Waals surface area (Å²) in [5.41, 5.74) is 1.13. The minimum absolute atomic E-state index is 0.672.